The van der Waals surface area contributed by atoms with E-state index >= 15 is 0 Å². The van der Waals surface area contributed by atoms with Gasteiger partial charge in [-0.3, -0.25) is 4.90 Å². The van der Waals surface area contributed by atoms with Crippen LogP contribution in [0.4, 0.5) is 4.79 Å². The molecule has 1 saturated heterocycles. The van der Waals surface area contributed by atoms with E-state index in [1.807, 2.05) is 19.1 Å². The van der Waals surface area contributed by atoms with Crippen LogP contribution in [-0.2, 0) is 11.3 Å². The van der Waals surface area contributed by atoms with E-state index < -0.39 is 6.09 Å². The van der Waals surface area contributed by atoms with E-state index in [-0.39, 0.29) is 12.2 Å². The smallest absolute Gasteiger partial charge is 0.404 e. The van der Waals surface area contributed by atoms with Gasteiger partial charge in [-0.15, -0.1) is 0 Å². The number of primary amides is 1. The van der Waals surface area contributed by atoms with E-state index in [1.54, 1.807) is 0 Å². The second-order valence-electron chi connectivity index (χ2n) is 6.83. The van der Waals surface area contributed by atoms with E-state index in [0.29, 0.717) is 10.9 Å². The lowest BCUT2D eigenvalue weighted by Gasteiger charge is -2.38. The SMILES string of the molecule is CC(OC(N)=O)C1CC(Oc2cccc(CN3CCCC3)c2Cl)C1. The summed E-state index contributed by atoms with van der Waals surface area (Å²) in [6, 6.07) is 5.99. The lowest BCUT2D eigenvalue weighted by molar-refractivity contribution is -0.0136. The van der Waals surface area contributed by atoms with Crippen molar-refractivity contribution in [2.75, 3.05) is 13.1 Å². The van der Waals surface area contributed by atoms with Crippen molar-refractivity contribution in [2.45, 2.75) is 51.4 Å². The Bertz CT molecular complexity index is 584. The first-order valence-corrected chi connectivity index (χ1v) is 9.03. The van der Waals surface area contributed by atoms with Crippen LogP contribution < -0.4 is 10.5 Å². The second kappa shape index (κ2) is 7.62. The van der Waals surface area contributed by atoms with E-state index in [9.17, 15) is 4.79 Å². The van der Waals surface area contributed by atoms with E-state index in [4.69, 9.17) is 26.8 Å². The van der Waals surface area contributed by atoms with Crippen LogP contribution in [0.1, 0.15) is 38.2 Å². The quantitative estimate of drug-likeness (QED) is 0.849. The molecular formula is C18H25ClN2O3. The van der Waals surface area contributed by atoms with Gasteiger partial charge in [-0.2, -0.15) is 0 Å². The number of ether oxygens (including phenoxy) is 2. The average molecular weight is 353 g/mol. The molecule has 1 aliphatic heterocycles. The minimum absolute atomic E-state index is 0.119. The number of rotatable bonds is 6. The Morgan fingerprint density at radius 3 is 2.75 bits per heavy atom. The fraction of sp³-hybridized carbons (Fsp3) is 0.611. The molecule has 1 amide bonds. The zero-order valence-corrected chi connectivity index (χ0v) is 14.8. The lowest BCUT2D eigenvalue weighted by Crippen LogP contribution is -2.41. The first-order valence-electron chi connectivity index (χ1n) is 8.65. The molecule has 1 atom stereocenters. The average Bonchev–Trinajstić information content (AvgIpc) is 2.98. The van der Waals surface area contributed by atoms with Crippen LogP contribution in [0.5, 0.6) is 5.75 Å². The number of likely N-dealkylation sites (tertiary alicyclic amines) is 1. The molecule has 1 aromatic rings. The Labute approximate surface area is 148 Å². The number of nitrogens with zero attached hydrogens (tertiary/aromatic N) is 1. The van der Waals surface area contributed by atoms with Crippen molar-refractivity contribution in [2.24, 2.45) is 11.7 Å². The molecule has 0 aromatic heterocycles. The molecular weight excluding hydrogens is 328 g/mol. The Hall–Kier alpha value is -1.46. The van der Waals surface area contributed by atoms with Gasteiger partial charge in [-0.25, -0.2) is 4.79 Å². The van der Waals surface area contributed by atoms with Crippen molar-refractivity contribution >= 4 is 17.7 Å². The normalized spacial score (nSPS) is 25.1. The topological polar surface area (TPSA) is 64.8 Å². The van der Waals surface area contributed by atoms with Gasteiger partial charge in [0.15, 0.2) is 0 Å². The van der Waals surface area contributed by atoms with Crippen LogP contribution in [0.3, 0.4) is 0 Å². The molecule has 2 N–H and O–H groups in total. The summed E-state index contributed by atoms with van der Waals surface area (Å²) >= 11 is 6.54. The van der Waals surface area contributed by atoms with Gasteiger partial charge in [0.25, 0.3) is 0 Å². The van der Waals surface area contributed by atoms with Crippen molar-refractivity contribution in [1.82, 2.24) is 4.90 Å². The Kier molecular flexibility index (Phi) is 5.51. The van der Waals surface area contributed by atoms with Gasteiger partial charge in [0.1, 0.15) is 11.9 Å². The summed E-state index contributed by atoms with van der Waals surface area (Å²) in [7, 11) is 0. The van der Waals surface area contributed by atoms with Gasteiger partial charge in [-0.1, -0.05) is 23.7 Å². The molecule has 3 rings (SSSR count). The molecule has 2 fully saturated rings. The fourth-order valence-corrected chi connectivity index (χ4v) is 3.73. The van der Waals surface area contributed by atoms with Gasteiger partial charge in [-0.05, 0) is 57.3 Å². The lowest BCUT2D eigenvalue weighted by atomic mass is 9.79. The minimum Gasteiger partial charge on any atom is -0.489 e. The van der Waals surface area contributed by atoms with Gasteiger partial charge in [0.2, 0.25) is 0 Å². The maximum atomic E-state index is 10.8. The third-order valence-electron chi connectivity index (χ3n) is 5.03. The van der Waals surface area contributed by atoms with Crippen LogP contribution in [0.2, 0.25) is 5.02 Å². The summed E-state index contributed by atoms with van der Waals surface area (Å²) in [4.78, 5) is 13.2. The molecule has 0 bridgehead atoms. The number of amides is 1. The maximum absolute atomic E-state index is 10.8. The van der Waals surface area contributed by atoms with Crippen LogP contribution in [0, 0.1) is 5.92 Å². The Morgan fingerprint density at radius 1 is 1.38 bits per heavy atom. The number of hydrogen-bond acceptors (Lipinski definition) is 4. The summed E-state index contributed by atoms with van der Waals surface area (Å²) in [6.07, 6.45) is 3.46. The van der Waals surface area contributed by atoms with Crippen LogP contribution in [0.25, 0.3) is 0 Å². The number of halogens is 1. The molecule has 1 heterocycles. The van der Waals surface area contributed by atoms with Crippen molar-refractivity contribution in [3.8, 4) is 5.75 Å². The summed E-state index contributed by atoms with van der Waals surface area (Å²) in [5.74, 6) is 1.05. The molecule has 132 valence electrons. The number of nitrogens with two attached hydrogens (primary N) is 1. The molecule has 1 saturated carbocycles. The largest absolute Gasteiger partial charge is 0.489 e. The number of carbonyl (C=O) groups is 1. The minimum atomic E-state index is -0.718. The molecule has 5 nitrogen and oxygen atoms in total. The van der Waals surface area contributed by atoms with Gasteiger partial charge in [0, 0.05) is 12.5 Å². The Morgan fingerprint density at radius 2 is 2.08 bits per heavy atom. The zero-order chi connectivity index (χ0) is 17.1. The summed E-state index contributed by atoms with van der Waals surface area (Å²) < 4.78 is 11.1. The third-order valence-corrected chi connectivity index (χ3v) is 5.46. The van der Waals surface area contributed by atoms with E-state index in [2.05, 4.69) is 11.0 Å². The molecule has 0 radical (unpaired) electrons. The molecule has 1 aliphatic carbocycles. The Balaban J connectivity index is 1.54. The standard InChI is InChI=1S/C18H25ClN2O3/c1-12(23-18(20)22)14-9-15(10-14)24-16-6-4-5-13(17(16)19)11-21-7-2-3-8-21/h4-6,12,14-15H,2-3,7-11H2,1H3,(H2,20,22). The molecule has 0 spiro atoms. The number of hydrogen-bond donors (Lipinski definition) is 1. The van der Waals surface area contributed by atoms with E-state index in [1.165, 1.54) is 12.8 Å². The second-order valence-corrected chi connectivity index (χ2v) is 7.20. The number of carbonyl (C=O) groups excluding carboxylic acids is 1. The summed E-state index contributed by atoms with van der Waals surface area (Å²) in [5.41, 5.74) is 6.18. The van der Waals surface area contributed by atoms with Crippen molar-refractivity contribution in [3.63, 3.8) is 0 Å². The summed E-state index contributed by atoms with van der Waals surface area (Å²) in [6.45, 7) is 5.04. The zero-order valence-electron chi connectivity index (χ0n) is 14.0. The van der Waals surface area contributed by atoms with Crippen molar-refractivity contribution in [3.05, 3.63) is 28.8 Å². The molecule has 6 heteroatoms. The number of benzene rings is 1. The highest BCUT2D eigenvalue weighted by atomic mass is 35.5. The fourth-order valence-electron chi connectivity index (χ4n) is 3.50. The molecule has 2 aliphatic rings. The van der Waals surface area contributed by atoms with Crippen molar-refractivity contribution < 1.29 is 14.3 Å². The molecule has 1 aromatic carbocycles. The van der Waals surface area contributed by atoms with E-state index in [0.717, 1.165) is 43.8 Å². The van der Waals surface area contributed by atoms with Crippen LogP contribution in [-0.4, -0.2) is 36.3 Å². The third kappa shape index (κ3) is 4.14. The highest BCUT2D eigenvalue weighted by Gasteiger charge is 2.36. The summed E-state index contributed by atoms with van der Waals surface area (Å²) in [5, 5.41) is 0.717. The van der Waals surface area contributed by atoms with Gasteiger partial charge >= 0.3 is 6.09 Å². The molecule has 24 heavy (non-hydrogen) atoms. The highest BCUT2D eigenvalue weighted by molar-refractivity contribution is 6.32. The van der Waals surface area contributed by atoms with Crippen molar-refractivity contribution in [1.29, 1.82) is 0 Å². The van der Waals surface area contributed by atoms with Crippen LogP contribution in [0.15, 0.2) is 18.2 Å². The monoisotopic (exact) mass is 352 g/mol. The predicted octanol–water partition coefficient (Wildman–Crippen LogP) is 3.58. The first-order chi connectivity index (χ1) is 11.5. The van der Waals surface area contributed by atoms with Gasteiger partial charge < -0.3 is 15.2 Å². The highest BCUT2D eigenvalue weighted by Crippen LogP contribution is 2.38. The molecule has 1 unspecified atom stereocenters. The van der Waals surface area contributed by atoms with Gasteiger partial charge in [0.05, 0.1) is 11.1 Å². The maximum Gasteiger partial charge on any atom is 0.404 e. The first kappa shape index (κ1) is 17.4. The van der Waals surface area contributed by atoms with Crippen LogP contribution >= 0.6 is 11.6 Å². The predicted molar refractivity (Wildman–Crippen MR) is 93.2 cm³/mol.